The molecule has 0 unspecified atom stereocenters. The van der Waals surface area contributed by atoms with E-state index in [0.717, 1.165) is 16.9 Å². The maximum atomic E-state index is 5.62. The lowest BCUT2D eigenvalue weighted by atomic mass is 10.2. The van der Waals surface area contributed by atoms with E-state index in [1.165, 1.54) is 0 Å². The number of ether oxygens (including phenoxy) is 1. The van der Waals surface area contributed by atoms with E-state index < -0.39 is 0 Å². The van der Waals surface area contributed by atoms with Gasteiger partial charge in [0.1, 0.15) is 5.75 Å². The summed E-state index contributed by atoms with van der Waals surface area (Å²) in [7, 11) is 1.65. The van der Waals surface area contributed by atoms with Gasteiger partial charge in [-0.2, -0.15) is 0 Å². The van der Waals surface area contributed by atoms with Crippen LogP contribution in [0.3, 0.4) is 0 Å². The van der Waals surface area contributed by atoms with Crippen molar-refractivity contribution in [2.45, 2.75) is 0 Å². The summed E-state index contributed by atoms with van der Waals surface area (Å²) in [6, 6.07) is 17.4. The minimum Gasteiger partial charge on any atom is -0.496 e. The molecule has 2 aromatic carbocycles. The van der Waals surface area contributed by atoms with Gasteiger partial charge in [-0.3, -0.25) is 0 Å². The van der Waals surface area contributed by atoms with E-state index in [2.05, 4.69) is 10.2 Å². The Morgan fingerprint density at radius 2 is 1.67 bits per heavy atom. The Morgan fingerprint density at radius 1 is 0.905 bits per heavy atom. The molecule has 0 atom stereocenters. The van der Waals surface area contributed by atoms with Gasteiger partial charge in [0.2, 0.25) is 11.8 Å². The van der Waals surface area contributed by atoms with Crippen molar-refractivity contribution in [2.75, 3.05) is 7.11 Å². The minimum absolute atomic E-state index is 0.458. The predicted molar refractivity (Wildman–Crippen MR) is 81.7 cm³/mol. The Kier molecular flexibility index (Phi) is 3.78. The summed E-state index contributed by atoms with van der Waals surface area (Å²) in [5.74, 6) is 1.77. The third-order valence-electron chi connectivity index (χ3n) is 3.01. The molecule has 0 bridgehead atoms. The first-order valence-electron chi connectivity index (χ1n) is 6.57. The van der Waals surface area contributed by atoms with E-state index in [4.69, 9.17) is 9.15 Å². The first kappa shape index (κ1) is 13.1. The number of aromatic nitrogens is 2. The molecule has 104 valence electrons. The van der Waals surface area contributed by atoms with Gasteiger partial charge >= 0.3 is 0 Å². The van der Waals surface area contributed by atoms with Gasteiger partial charge in [0.05, 0.1) is 7.11 Å². The summed E-state index contributed by atoms with van der Waals surface area (Å²) in [5, 5.41) is 8.06. The molecule has 0 spiro atoms. The van der Waals surface area contributed by atoms with Crippen molar-refractivity contribution < 1.29 is 9.15 Å². The molecule has 4 heteroatoms. The molecule has 3 rings (SSSR count). The molecule has 1 aromatic heterocycles. The van der Waals surface area contributed by atoms with E-state index in [1.54, 1.807) is 13.2 Å². The molecule has 3 aromatic rings. The summed E-state index contributed by atoms with van der Waals surface area (Å²) in [6.45, 7) is 0. The molecular weight excluding hydrogens is 264 g/mol. The van der Waals surface area contributed by atoms with Gasteiger partial charge in [0, 0.05) is 17.2 Å². The second-order valence-corrected chi connectivity index (χ2v) is 4.39. The van der Waals surface area contributed by atoms with E-state index in [0.29, 0.717) is 11.8 Å². The number of hydrogen-bond acceptors (Lipinski definition) is 4. The highest BCUT2D eigenvalue weighted by molar-refractivity contribution is 5.70. The number of methoxy groups -OCH3 is 1. The number of hydrogen-bond donors (Lipinski definition) is 0. The third kappa shape index (κ3) is 3.00. The standard InChI is InChI=1S/C17H14N2O2/c1-20-15-10-6-5-7-13(15)11-12-16-18-19-17(21-16)14-8-3-2-4-9-14/h2-12H,1H3/b12-11+. The van der Waals surface area contributed by atoms with Crippen LogP contribution in [0.1, 0.15) is 11.5 Å². The van der Waals surface area contributed by atoms with Gasteiger partial charge < -0.3 is 9.15 Å². The van der Waals surface area contributed by atoms with Gasteiger partial charge in [-0.25, -0.2) is 0 Å². The van der Waals surface area contributed by atoms with Crippen LogP contribution in [0, 0.1) is 0 Å². The summed E-state index contributed by atoms with van der Waals surface area (Å²) in [4.78, 5) is 0. The predicted octanol–water partition coefficient (Wildman–Crippen LogP) is 3.92. The van der Waals surface area contributed by atoms with Crippen molar-refractivity contribution in [3.8, 4) is 17.2 Å². The van der Waals surface area contributed by atoms with Gasteiger partial charge in [0.25, 0.3) is 0 Å². The van der Waals surface area contributed by atoms with Crippen molar-refractivity contribution in [2.24, 2.45) is 0 Å². The molecule has 0 N–H and O–H groups in total. The zero-order chi connectivity index (χ0) is 14.5. The number of rotatable bonds is 4. The van der Waals surface area contributed by atoms with E-state index in [1.807, 2.05) is 60.7 Å². The van der Waals surface area contributed by atoms with Crippen LogP contribution >= 0.6 is 0 Å². The number of nitrogens with zero attached hydrogens (tertiary/aromatic N) is 2. The summed E-state index contributed by atoms with van der Waals surface area (Å²) in [6.07, 6.45) is 3.67. The lowest BCUT2D eigenvalue weighted by Gasteiger charge is -2.02. The van der Waals surface area contributed by atoms with Crippen molar-refractivity contribution in [3.63, 3.8) is 0 Å². The van der Waals surface area contributed by atoms with Crippen LogP contribution in [0.5, 0.6) is 5.75 Å². The molecular formula is C17H14N2O2. The Labute approximate surface area is 122 Å². The highest BCUT2D eigenvalue weighted by atomic mass is 16.5. The third-order valence-corrected chi connectivity index (χ3v) is 3.01. The molecule has 0 saturated heterocycles. The van der Waals surface area contributed by atoms with E-state index in [-0.39, 0.29) is 0 Å². The molecule has 21 heavy (non-hydrogen) atoms. The van der Waals surface area contributed by atoms with Crippen LogP contribution in [0.25, 0.3) is 23.6 Å². The highest BCUT2D eigenvalue weighted by Gasteiger charge is 2.05. The lowest BCUT2D eigenvalue weighted by Crippen LogP contribution is -1.85. The van der Waals surface area contributed by atoms with Gasteiger partial charge in [-0.05, 0) is 24.3 Å². The lowest BCUT2D eigenvalue weighted by molar-refractivity contribution is 0.414. The second kappa shape index (κ2) is 6.05. The fraction of sp³-hybridized carbons (Fsp3) is 0.0588. The molecule has 4 nitrogen and oxygen atoms in total. The summed E-state index contributed by atoms with van der Waals surface area (Å²) >= 11 is 0. The van der Waals surface area contributed by atoms with Crippen molar-refractivity contribution in [1.29, 1.82) is 0 Å². The molecule has 1 heterocycles. The van der Waals surface area contributed by atoms with Crippen molar-refractivity contribution >= 4 is 12.2 Å². The summed E-state index contributed by atoms with van der Waals surface area (Å²) < 4.78 is 10.9. The van der Waals surface area contributed by atoms with E-state index >= 15 is 0 Å². The quantitative estimate of drug-likeness (QED) is 0.725. The first-order valence-corrected chi connectivity index (χ1v) is 6.57. The molecule has 0 radical (unpaired) electrons. The zero-order valence-corrected chi connectivity index (χ0v) is 11.6. The Balaban J connectivity index is 1.83. The maximum absolute atomic E-state index is 5.62. The second-order valence-electron chi connectivity index (χ2n) is 4.39. The van der Waals surface area contributed by atoms with Gasteiger partial charge in [-0.1, -0.05) is 36.4 Å². The Hall–Kier alpha value is -2.88. The highest BCUT2D eigenvalue weighted by Crippen LogP contribution is 2.21. The SMILES string of the molecule is COc1ccccc1/C=C/c1nnc(-c2ccccc2)o1. The fourth-order valence-electron chi connectivity index (χ4n) is 1.96. The molecule has 0 fully saturated rings. The normalized spacial score (nSPS) is 10.9. The van der Waals surface area contributed by atoms with Crippen molar-refractivity contribution in [1.82, 2.24) is 10.2 Å². The number of benzene rings is 2. The minimum atomic E-state index is 0.458. The molecule has 0 aliphatic rings. The van der Waals surface area contributed by atoms with Crippen LogP contribution in [-0.4, -0.2) is 17.3 Å². The first-order chi connectivity index (χ1) is 10.4. The summed E-state index contributed by atoms with van der Waals surface area (Å²) in [5.41, 5.74) is 1.86. The van der Waals surface area contributed by atoms with Crippen LogP contribution in [0.4, 0.5) is 0 Å². The Bertz CT molecular complexity index is 748. The van der Waals surface area contributed by atoms with Crippen LogP contribution in [0.15, 0.2) is 59.0 Å². The molecule has 0 aliphatic heterocycles. The number of para-hydroxylation sites is 1. The Morgan fingerprint density at radius 3 is 2.48 bits per heavy atom. The molecule has 0 saturated carbocycles. The fourth-order valence-corrected chi connectivity index (χ4v) is 1.96. The maximum Gasteiger partial charge on any atom is 0.248 e. The van der Waals surface area contributed by atoms with Gasteiger partial charge in [0.15, 0.2) is 0 Å². The van der Waals surface area contributed by atoms with Crippen molar-refractivity contribution in [3.05, 3.63) is 66.1 Å². The zero-order valence-electron chi connectivity index (χ0n) is 11.6. The molecule has 0 aliphatic carbocycles. The van der Waals surface area contributed by atoms with Crippen LogP contribution in [0.2, 0.25) is 0 Å². The van der Waals surface area contributed by atoms with Crippen LogP contribution < -0.4 is 4.74 Å². The van der Waals surface area contributed by atoms with Crippen LogP contribution in [-0.2, 0) is 0 Å². The smallest absolute Gasteiger partial charge is 0.248 e. The van der Waals surface area contributed by atoms with E-state index in [9.17, 15) is 0 Å². The van der Waals surface area contributed by atoms with Gasteiger partial charge in [-0.15, -0.1) is 10.2 Å². The average Bonchev–Trinajstić information content (AvgIpc) is 3.03. The largest absolute Gasteiger partial charge is 0.496 e. The topological polar surface area (TPSA) is 48.2 Å². The molecule has 0 amide bonds. The average molecular weight is 278 g/mol. The monoisotopic (exact) mass is 278 g/mol.